The maximum atomic E-state index is 12.4. The molecule has 2 aromatic carbocycles. The van der Waals surface area contributed by atoms with E-state index in [9.17, 15) is 14.7 Å². The van der Waals surface area contributed by atoms with Gasteiger partial charge in [0.05, 0.1) is 12.5 Å². The molecule has 2 amide bonds. The largest absolute Gasteiger partial charge is 0.508 e. The maximum Gasteiger partial charge on any atom is 0.237 e. The number of benzene rings is 2. The van der Waals surface area contributed by atoms with E-state index >= 15 is 0 Å². The number of carbonyl (C=O) groups is 2. The highest BCUT2D eigenvalue weighted by molar-refractivity contribution is 6.06. The van der Waals surface area contributed by atoms with Crippen molar-refractivity contribution >= 4 is 11.8 Å². The number of phenols is 1. The van der Waals surface area contributed by atoms with Crippen molar-refractivity contribution in [3.63, 3.8) is 0 Å². The Morgan fingerprint density at radius 2 is 1.67 bits per heavy atom. The summed E-state index contributed by atoms with van der Waals surface area (Å²) in [4.78, 5) is 25.8. The van der Waals surface area contributed by atoms with E-state index in [0.717, 1.165) is 11.1 Å². The van der Waals surface area contributed by atoms with Gasteiger partial charge in [-0.25, -0.2) is 0 Å². The van der Waals surface area contributed by atoms with Crippen LogP contribution in [-0.2, 0) is 16.1 Å². The molecule has 0 saturated carbocycles. The van der Waals surface area contributed by atoms with Crippen LogP contribution in [0.3, 0.4) is 0 Å². The van der Waals surface area contributed by atoms with Crippen molar-refractivity contribution < 1.29 is 14.7 Å². The van der Waals surface area contributed by atoms with Gasteiger partial charge < -0.3 is 5.11 Å². The average Bonchev–Trinajstić information content (AvgIpc) is 2.78. The highest BCUT2D eigenvalue weighted by atomic mass is 16.3. The molecule has 0 radical (unpaired) electrons. The second-order valence-corrected chi connectivity index (χ2v) is 5.15. The molecule has 1 aliphatic heterocycles. The molecular weight excluding hydrogens is 266 g/mol. The van der Waals surface area contributed by atoms with Crippen LogP contribution in [0, 0.1) is 0 Å². The summed E-state index contributed by atoms with van der Waals surface area (Å²) in [7, 11) is 0. The summed E-state index contributed by atoms with van der Waals surface area (Å²) in [5, 5.41) is 9.26. The van der Waals surface area contributed by atoms with Gasteiger partial charge in [0.25, 0.3) is 0 Å². The fraction of sp³-hybridized carbons (Fsp3) is 0.176. The van der Waals surface area contributed by atoms with Crippen LogP contribution < -0.4 is 0 Å². The number of hydrogen-bond acceptors (Lipinski definition) is 3. The summed E-state index contributed by atoms with van der Waals surface area (Å²) in [5.41, 5.74) is 1.70. The van der Waals surface area contributed by atoms with E-state index in [2.05, 4.69) is 0 Å². The number of amides is 2. The van der Waals surface area contributed by atoms with Crippen LogP contribution in [0.5, 0.6) is 5.75 Å². The minimum absolute atomic E-state index is 0.151. The molecule has 1 heterocycles. The fourth-order valence-corrected chi connectivity index (χ4v) is 2.58. The molecule has 4 nitrogen and oxygen atoms in total. The number of imide groups is 1. The average molecular weight is 281 g/mol. The molecule has 0 spiro atoms. The maximum absolute atomic E-state index is 12.4. The van der Waals surface area contributed by atoms with Crippen molar-refractivity contribution in [2.75, 3.05) is 0 Å². The summed E-state index contributed by atoms with van der Waals surface area (Å²) in [6.45, 7) is 0.251. The van der Waals surface area contributed by atoms with Crippen LogP contribution in [0.25, 0.3) is 0 Å². The van der Waals surface area contributed by atoms with E-state index in [1.54, 1.807) is 24.3 Å². The number of likely N-dealkylation sites (tertiary alicyclic amines) is 1. The first-order valence-corrected chi connectivity index (χ1v) is 6.82. The predicted octanol–water partition coefficient (Wildman–Crippen LogP) is 2.43. The van der Waals surface area contributed by atoms with Crippen LogP contribution in [-0.4, -0.2) is 21.8 Å². The molecule has 2 aromatic rings. The van der Waals surface area contributed by atoms with Crippen LogP contribution in [0.2, 0.25) is 0 Å². The summed E-state index contributed by atoms with van der Waals surface area (Å²) in [6, 6.07) is 15.9. The molecule has 1 aliphatic rings. The molecular formula is C17H15NO3. The Bertz CT molecular complexity index is 664. The van der Waals surface area contributed by atoms with Crippen LogP contribution in [0.4, 0.5) is 0 Å². The molecule has 1 unspecified atom stereocenters. The van der Waals surface area contributed by atoms with Crippen molar-refractivity contribution in [1.82, 2.24) is 4.90 Å². The minimum atomic E-state index is -0.379. The van der Waals surface area contributed by atoms with E-state index in [0.29, 0.717) is 0 Å². The zero-order valence-electron chi connectivity index (χ0n) is 11.4. The Kier molecular flexibility index (Phi) is 3.44. The van der Waals surface area contributed by atoms with Crippen molar-refractivity contribution in [2.24, 2.45) is 0 Å². The molecule has 21 heavy (non-hydrogen) atoms. The summed E-state index contributed by atoms with van der Waals surface area (Å²) in [5.74, 6) is -0.517. The van der Waals surface area contributed by atoms with E-state index < -0.39 is 0 Å². The third kappa shape index (κ3) is 2.65. The minimum Gasteiger partial charge on any atom is -0.508 e. The van der Waals surface area contributed by atoms with Gasteiger partial charge >= 0.3 is 0 Å². The van der Waals surface area contributed by atoms with E-state index in [1.165, 1.54) is 4.90 Å². The Balaban J connectivity index is 1.79. The lowest BCUT2D eigenvalue weighted by Gasteiger charge is -2.15. The summed E-state index contributed by atoms with van der Waals surface area (Å²) < 4.78 is 0. The third-order valence-corrected chi connectivity index (χ3v) is 3.72. The Morgan fingerprint density at radius 1 is 1.00 bits per heavy atom. The molecule has 1 fully saturated rings. The van der Waals surface area contributed by atoms with Gasteiger partial charge in [-0.1, -0.05) is 42.5 Å². The Morgan fingerprint density at radius 3 is 2.33 bits per heavy atom. The normalized spacial score (nSPS) is 18.3. The van der Waals surface area contributed by atoms with Crippen LogP contribution in [0.15, 0.2) is 54.6 Å². The lowest BCUT2D eigenvalue weighted by molar-refractivity contribution is -0.139. The van der Waals surface area contributed by atoms with Gasteiger partial charge in [0.2, 0.25) is 11.8 Å². The quantitative estimate of drug-likeness (QED) is 0.879. The Hall–Kier alpha value is -2.62. The Labute approximate surface area is 122 Å². The number of aromatic hydroxyl groups is 1. The second-order valence-electron chi connectivity index (χ2n) is 5.15. The number of rotatable bonds is 3. The first kappa shape index (κ1) is 13.4. The first-order chi connectivity index (χ1) is 10.1. The second kappa shape index (κ2) is 5.40. The van der Waals surface area contributed by atoms with E-state index in [4.69, 9.17) is 0 Å². The van der Waals surface area contributed by atoms with Crippen molar-refractivity contribution in [3.05, 3.63) is 65.7 Å². The SMILES string of the molecule is O=C1CC(c2ccccc2)C(=O)N1Cc1ccc(O)cc1. The zero-order chi connectivity index (χ0) is 14.8. The van der Waals surface area contributed by atoms with E-state index in [-0.39, 0.29) is 36.4 Å². The fourth-order valence-electron chi connectivity index (χ4n) is 2.58. The number of hydrogen-bond donors (Lipinski definition) is 1. The van der Waals surface area contributed by atoms with E-state index in [1.807, 2.05) is 30.3 Å². The molecule has 1 atom stereocenters. The summed E-state index contributed by atoms with van der Waals surface area (Å²) >= 11 is 0. The molecule has 0 bridgehead atoms. The van der Waals surface area contributed by atoms with Gasteiger partial charge in [0, 0.05) is 6.42 Å². The lowest BCUT2D eigenvalue weighted by atomic mass is 9.98. The van der Waals surface area contributed by atoms with Gasteiger partial charge in [-0.3, -0.25) is 14.5 Å². The molecule has 0 aromatic heterocycles. The molecule has 0 aliphatic carbocycles. The highest BCUT2D eigenvalue weighted by Gasteiger charge is 2.39. The topological polar surface area (TPSA) is 57.6 Å². The molecule has 3 rings (SSSR count). The van der Waals surface area contributed by atoms with Gasteiger partial charge in [-0.05, 0) is 23.3 Å². The van der Waals surface area contributed by atoms with Gasteiger partial charge in [-0.2, -0.15) is 0 Å². The summed E-state index contributed by atoms with van der Waals surface area (Å²) in [6.07, 6.45) is 0.223. The third-order valence-electron chi connectivity index (χ3n) is 3.72. The standard InChI is InChI=1S/C17H15NO3/c19-14-8-6-12(7-9-14)11-18-16(20)10-15(17(18)21)13-4-2-1-3-5-13/h1-9,15,19H,10-11H2. The highest BCUT2D eigenvalue weighted by Crippen LogP contribution is 2.30. The predicted molar refractivity (Wildman–Crippen MR) is 77.5 cm³/mol. The number of nitrogens with zero attached hydrogens (tertiary/aromatic N) is 1. The smallest absolute Gasteiger partial charge is 0.237 e. The van der Waals surface area contributed by atoms with Gasteiger partial charge in [-0.15, -0.1) is 0 Å². The number of carbonyl (C=O) groups excluding carboxylic acids is 2. The molecule has 106 valence electrons. The molecule has 4 heteroatoms. The van der Waals surface area contributed by atoms with Crippen LogP contribution in [0.1, 0.15) is 23.5 Å². The zero-order valence-corrected chi connectivity index (χ0v) is 11.4. The van der Waals surface area contributed by atoms with Gasteiger partial charge in [0.15, 0.2) is 0 Å². The van der Waals surface area contributed by atoms with Crippen molar-refractivity contribution in [3.8, 4) is 5.75 Å². The first-order valence-electron chi connectivity index (χ1n) is 6.82. The monoisotopic (exact) mass is 281 g/mol. The van der Waals surface area contributed by atoms with Crippen molar-refractivity contribution in [2.45, 2.75) is 18.9 Å². The number of phenolic OH excluding ortho intramolecular Hbond substituents is 1. The van der Waals surface area contributed by atoms with Gasteiger partial charge in [0.1, 0.15) is 5.75 Å². The molecule has 1 saturated heterocycles. The lowest BCUT2D eigenvalue weighted by Crippen LogP contribution is -2.29. The molecule has 1 N–H and O–H groups in total. The van der Waals surface area contributed by atoms with Crippen molar-refractivity contribution in [1.29, 1.82) is 0 Å². The van der Waals surface area contributed by atoms with Crippen LogP contribution >= 0.6 is 0 Å².